The first-order chi connectivity index (χ1) is 14.8. The Balaban J connectivity index is 1.56. The fourth-order valence-corrected chi connectivity index (χ4v) is 4.86. The summed E-state index contributed by atoms with van der Waals surface area (Å²) >= 11 is 2.49. The molecular weight excluding hydrogens is 434 g/mol. The van der Waals surface area contributed by atoms with E-state index in [0.29, 0.717) is 32.9 Å². The molecule has 1 aromatic carbocycles. The molecule has 0 aliphatic rings. The molecule has 10 heteroatoms. The average Bonchev–Trinajstić information content (AvgIpc) is 3.32. The van der Waals surface area contributed by atoms with Crippen molar-refractivity contribution in [3.8, 4) is 11.3 Å². The molecule has 0 bridgehead atoms. The van der Waals surface area contributed by atoms with Crippen LogP contribution in [0.2, 0.25) is 0 Å². The van der Waals surface area contributed by atoms with Crippen LogP contribution in [0.25, 0.3) is 21.5 Å². The Labute approximate surface area is 185 Å². The van der Waals surface area contributed by atoms with Gasteiger partial charge in [-0.15, -0.1) is 22.7 Å². The highest BCUT2D eigenvalue weighted by atomic mass is 32.1. The molecule has 0 radical (unpaired) electrons. The maximum Gasteiger partial charge on any atom is 0.270 e. The van der Waals surface area contributed by atoms with Gasteiger partial charge < -0.3 is 5.73 Å². The van der Waals surface area contributed by atoms with Gasteiger partial charge in [-0.3, -0.25) is 20.2 Å². The maximum absolute atomic E-state index is 12.8. The molecule has 158 valence electrons. The molecule has 4 rings (SSSR count). The number of aromatic nitrogens is 2. The standard InChI is InChI=1S/C21H19N5O3S2/c1-11(2)8-13-6-7-15-17(22)18(31-20(15)23-13)19(27)25-21-24-16(10-30-21)12-4-3-5-14(9-12)26(28)29/h3-7,9-11H,8,22H2,1-2H3,(H,24,25,27). The fraction of sp³-hybridized carbons (Fsp3) is 0.190. The van der Waals surface area contributed by atoms with E-state index in [1.54, 1.807) is 17.5 Å². The summed E-state index contributed by atoms with van der Waals surface area (Å²) in [7, 11) is 0. The fourth-order valence-electron chi connectivity index (χ4n) is 3.13. The van der Waals surface area contributed by atoms with Crippen LogP contribution in [0.3, 0.4) is 0 Å². The molecule has 0 spiro atoms. The minimum absolute atomic E-state index is 0.0153. The molecule has 0 aliphatic carbocycles. The number of nitro groups is 1. The highest BCUT2D eigenvalue weighted by Gasteiger charge is 2.19. The third-order valence-corrected chi connectivity index (χ3v) is 6.42. The molecule has 0 saturated carbocycles. The number of amides is 1. The van der Waals surface area contributed by atoms with Gasteiger partial charge in [0.15, 0.2) is 5.13 Å². The van der Waals surface area contributed by atoms with Crippen molar-refractivity contribution in [2.75, 3.05) is 11.1 Å². The van der Waals surface area contributed by atoms with E-state index in [9.17, 15) is 14.9 Å². The molecule has 8 nitrogen and oxygen atoms in total. The minimum atomic E-state index is -0.455. The Bertz CT molecular complexity index is 1300. The van der Waals surface area contributed by atoms with E-state index >= 15 is 0 Å². The number of non-ortho nitro benzene ring substituents is 1. The molecule has 1 amide bonds. The van der Waals surface area contributed by atoms with Crippen LogP contribution in [-0.4, -0.2) is 20.8 Å². The van der Waals surface area contributed by atoms with Crippen LogP contribution < -0.4 is 11.1 Å². The first-order valence-electron chi connectivity index (χ1n) is 9.51. The number of nitrogens with one attached hydrogen (secondary N) is 1. The molecule has 0 aliphatic heterocycles. The minimum Gasteiger partial charge on any atom is -0.397 e. The largest absolute Gasteiger partial charge is 0.397 e. The number of carbonyl (C=O) groups excluding carboxylic acids is 1. The molecule has 0 unspecified atom stereocenters. The van der Waals surface area contributed by atoms with Crippen LogP contribution in [0.4, 0.5) is 16.5 Å². The van der Waals surface area contributed by atoms with E-state index in [2.05, 4.69) is 29.1 Å². The van der Waals surface area contributed by atoms with Crippen molar-refractivity contribution in [1.82, 2.24) is 9.97 Å². The molecule has 4 aromatic rings. The van der Waals surface area contributed by atoms with Crippen molar-refractivity contribution in [3.05, 3.63) is 62.5 Å². The van der Waals surface area contributed by atoms with Gasteiger partial charge >= 0.3 is 0 Å². The first kappa shape index (κ1) is 20.9. The van der Waals surface area contributed by atoms with E-state index in [0.717, 1.165) is 22.3 Å². The summed E-state index contributed by atoms with van der Waals surface area (Å²) < 4.78 is 0. The summed E-state index contributed by atoms with van der Waals surface area (Å²) in [6, 6.07) is 10.1. The van der Waals surface area contributed by atoms with Crippen LogP contribution in [0.5, 0.6) is 0 Å². The lowest BCUT2D eigenvalue weighted by atomic mass is 10.1. The van der Waals surface area contributed by atoms with Crippen LogP contribution >= 0.6 is 22.7 Å². The number of anilines is 2. The smallest absolute Gasteiger partial charge is 0.270 e. The number of rotatable bonds is 6. The lowest BCUT2D eigenvalue weighted by Crippen LogP contribution is -2.11. The first-order valence-corrected chi connectivity index (χ1v) is 11.2. The number of fused-ring (bicyclic) bond motifs is 1. The number of nitrogens with two attached hydrogens (primary N) is 1. The zero-order valence-corrected chi connectivity index (χ0v) is 18.4. The topological polar surface area (TPSA) is 124 Å². The number of pyridine rings is 1. The van der Waals surface area contributed by atoms with Gasteiger partial charge in [-0.25, -0.2) is 9.97 Å². The van der Waals surface area contributed by atoms with Gasteiger partial charge in [0.2, 0.25) is 0 Å². The van der Waals surface area contributed by atoms with Crippen molar-refractivity contribution in [2.45, 2.75) is 20.3 Å². The lowest BCUT2D eigenvalue weighted by molar-refractivity contribution is -0.384. The van der Waals surface area contributed by atoms with E-state index in [4.69, 9.17) is 5.73 Å². The monoisotopic (exact) mass is 453 g/mol. The zero-order chi connectivity index (χ0) is 22.1. The van der Waals surface area contributed by atoms with Gasteiger partial charge in [-0.2, -0.15) is 0 Å². The average molecular weight is 454 g/mol. The summed E-state index contributed by atoms with van der Waals surface area (Å²) in [4.78, 5) is 33.5. The van der Waals surface area contributed by atoms with Crippen molar-refractivity contribution >= 4 is 55.3 Å². The third kappa shape index (κ3) is 4.39. The Morgan fingerprint density at radius 2 is 2.06 bits per heavy atom. The molecule has 3 aromatic heterocycles. The van der Waals surface area contributed by atoms with Gasteiger partial charge in [0, 0.05) is 34.2 Å². The SMILES string of the molecule is CC(C)Cc1ccc2c(N)c(C(=O)Nc3nc(-c4cccc([N+](=O)[O-])c4)cs3)sc2n1. The van der Waals surface area contributed by atoms with Crippen molar-refractivity contribution in [1.29, 1.82) is 0 Å². The lowest BCUT2D eigenvalue weighted by Gasteiger charge is -2.03. The predicted molar refractivity (Wildman–Crippen MR) is 125 cm³/mol. The van der Waals surface area contributed by atoms with Crippen LogP contribution in [0, 0.1) is 16.0 Å². The molecular formula is C21H19N5O3S2. The number of thiazole rings is 1. The van der Waals surface area contributed by atoms with E-state index in [1.807, 2.05) is 12.1 Å². The van der Waals surface area contributed by atoms with Gasteiger partial charge in [0.25, 0.3) is 11.6 Å². The van der Waals surface area contributed by atoms with E-state index < -0.39 is 4.92 Å². The molecule has 0 saturated heterocycles. The summed E-state index contributed by atoms with van der Waals surface area (Å²) in [5.41, 5.74) is 8.72. The van der Waals surface area contributed by atoms with Crippen LogP contribution in [0.1, 0.15) is 29.2 Å². The quantitative estimate of drug-likeness (QED) is 0.299. The van der Waals surface area contributed by atoms with Crippen molar-refractivity contribution in [3.63, 3.8) is 0 Å². The molecule has 3 heterocycles. The maximum atomic E-state index is 12.8. The molecule has 31 heavy (non-hydrogen) atoms. The van der Waals surface area contributed by atoms with Crippen molar-refractivity contribution in [2.24, 2.45) is 5.92 Å². The Morgan fingerprint density at radius 3 is 2.81 bits per heavy atom. The normalized spacial score (nSPS) is 11.2. The summed E-state index contributed by atoms with van der Waals surface area (Å²) in [5, 5.41) is 16.6. The number of hydrogen-bond acceptors (Lipinski definition) is 8. The number of hydrogen-bond donors (Lipinski definition) is 2. The van der Waals surface area contributed by atoms with Gasteiger partial charge in [0.05, 0.1) is 16.3 Å². The second-order valence-corrected chi connectivity index (χ2v) is 9.25. The van der Waals surface area contributed by atoms with Crippen LogP contribution in [-0.2, 0) is 6.42 Å². The molecule has 3 N–H and O–H groups in total. The summed E-state index contributed by atoms with van der Waals surface area (Å²) in [6.45, 7) is 4.26. The van der Waals surface area contributed by atoms with Gasteiger partial charge in [-0.1, -0.05) is 26.0 Å². The second-order valence-electron chi connectivity index (χ2n) is 7.40. The number of nitrogens with zero attached hydrogens (tertiary/aromatic N) is 3. The number of benzene rings is 1. The highest BCUT2D eigenvalue weighted by Crippen LogP contribution is 2.34. The number of thiophene rings is 1. The number of nitro benzene ring substituents is 1. The van der Waals surface area contributed by atoms with E-state index in [1.165, 1.54) is 34.8 Å². The van der Waals surface area contributed by atoms with Crippen LogP contribution in [0.15, 0.2) is 41.8 Å². The Kier molecular flexibility index (Phi) is 5.66. The van der Waals surface area contributed by atoms with Gasteiger partial charge in [0.1, 0.15) is 9.71 Å². The third-order valence-electron chi connectivity index (χ3n) is 4.55. The Hall–Kier alpha value is -3.37. The number of nitrogen functional groups attached to an aromatic ring is 1. The van der Waals surface area contributed by atoms with Crippen molar-refractivity contribution < 1.29 is 9.72 Å². The van der Waals surface area contributed by atoms with E-state index in [-0.39, 0.29) is 11.6 Å². The second kappa shape index (κ2) is 8.40. The summed E-state index contributed by atoms with van der Waals surface area (Å²) in [5.74, 6) is 0.126. The predicted octanol–water partition coefficient (Wildman–Crippen LogP) is 5.36. The zero-order valence-electron chi connectivity index (χ0n) is 16.8. The van der Waals surface area contributed by atoms with Gasteiger partial charge in [-0.05, 0) is 24.5 Å². The molecule has 0 fully saturated rings. The molecule has 0 atom stereocenters. The summed E-state index contributed by atoms with van der Waals surface area (Å²) in [6.07, 6.45) is 0.856. The number of carbonyl (C=O) groups is 1. The Morgan fingerprint density at radius 1 is 1.26 bits per heavy atom. The highest BCUT2D eigenvalue weighted by molar-refractivity contribution is 7.21.